The van der Waals surface area contributed by atoms with Gasteiger partial charge in [-0.25, -0.2) is 0 Å². The molecule has 0 aromatic heterocycles. The number of hydrogen-bond donors (Lipinski definition) is 2. The van der Waals surface area contributed by atoms with Gasteiger partial charge in [-0.2, -0.15) is 5.26 Å². The molecule has 0 radical (unpaired) electrons. The van der Waals surface area contributed by atoms with Gasteiger partial charge in [0.2, 0.25) is 0 Å². The van der Waals surface area contributed by atoms with Crippen molar-refractivity contribution in [1.82, 2.24) is 0 Å². The summed E-state index contributed by atoms with van der Waals surface area (Å²) in [7, 11) is 0. The lowest BCUT2D eigenvalue weighted by molar-refractivity contribution is 0.192. The van der Waals surface area contributed by atoms with Crippen molar-refractivity contribution >= 4 is 44.8 Å². The Bertz CT molecular complexity index is 701. The van der Waals surface area contributed by atoms with Gasteiger partial charge in [0.25, 0.3) is 0 Å². The van der Waals surface area contributed by atoms with E-state index < -0.39 is 6.10 Å². The van der Waals surface area contributed by atoms with E-state index in [4.69, 9.17) is 28.5 Å². The van der Waals surface area contributed by atoms with Crippen molar-refractivity contribution in [3.05, 3.63) is 62.0 Å². The molecule has 0 saturated heterocycles. The van der Waals surface area contributed by atoms with Crippen molar-refractivity contribution < 1.29 is 5.11 Å². The molecule has 2 aromatic rings. The quantitative estimate of drug-likeness (QED) is 0.796. The van der Waals surface area contributed by atoms with Crippen LogP contribution in [0.3, 0.4) is 0 Å². The van der Waals surface area contributed by atoms with E-state index in [9.17, 15) is 5.11 Å². The summed E-state index contributed by atoms with van der Waals surface area (Å²) in [6, 6.07) is 12.3. The van der Waals surface area contributed by atoms with Crippen molar-refractivity contribution in [2.75, 3.05) is 11.9 Å². The standard InChI is InChI=1S/C15H11BrCl2N2O/c16-10-1-4-14(9(5-10)7-19)20-8-15(21)12-6-11(17)2-3-13(12)18/h1-6,15,20-21H,8H2. The number of rotatable bonds is 4. The number of anilines is 1. The monoisotopic (exact) mass is 384 g/mol. The van der Waals surface area contributed by atoms with Gasteiger partial charge in [0.05, 0.1) is 17.4 Å². The van der Waals surface area contributed by atoms with E-state index in [0.717, 1.165) is 4.47 Å². The molecule has 0 saturated carbocycles. The summed E-state index contributed by atoms with van der Waals surface area (Å²) in [4.78, 5) is 0. The Morgan fingerprint density at radius 3 is 2.71 bits per heavy atom. The molecule has 1 atom stereocenters. The molecule has 2 rings (SSSR count). The van der Waals surface area contributed by atoms with Crippen LogP contribution in [0.25, 0.3) is 0 Å². The number of aliphatic hydroxyl groups excluding tert-OH is 1. The van der Waals surface area contributed by atoms with E-state index in [-0.39, 0.29) is 6.54 Å². The normalized spacial score (nSPS) is 11.8. The molecule has 21 heavy (non-hydrogen) atoms. The second kappa shape index (κ2) is 7.15. The maximum Gasteiger partial charge on any atom is 0.101 e. The first-order chi connectivity index (χ1) is 10.0. The zero-order valence-corrected chi connectivity index (χ0v) is 13.9. The Morgan fingerprint density at radius 2 is 2.00 bits per heavy atom. The van der Waals surface area contributed by atoms with Gasteiger partial charge in [-0.1, -0.05) is 39.1 Å². The molecule has 3 nitrogen and oxygen atoms in total. The molecular formula is C15H11BrCl2N2O. The molecule has 0 aliphatic rings. The predicted octanol–water partition coefficient (Wildman–Crippen LogP) is 4.77. The van der Waals surface area contributed by atoms with Crippen molar-refractivity contribution in [3.63, 3.8) is 0 Å². The van der Waals surface area contributed by atoms with Crippen LogP contribution >= 0.6 is 39.1 Å². The largest absolute Gasteiger partial charge is 0.387 e. The lowest BCUT2D eigenvalue weighted by Crippen LogP contribution is -2.13. The number of aliphatic hydroxyl groups is 1. The third-order valence-electron chi connectivity index (χ3n) is 2.90. The Labute approximate surface area is 141 Å². The van der Waals surface area contributed by atoms with Gasteiger partial charge in [-0.05, 0) is 36.4 Å². The van der Waals surface area contributed by atoms with Crippen molar-refractivity contribution in [1.29, 1.82) is 5.26 Å². The van der Waals surface area contributed by atoms with E-state index in [1.807, 2.05) is 6.07 Å². The van der Waals surface area contributed by atoms with Gasteiger partial charge in [-0.3, -0.25) is 0 Å². The van der Waals surface area contributed by atoms with E-state index >= 15 is 0 Å². The van der Waals surface area contributed by atoms with Crippen LogP contribution in [0, 0.1) is 11.3 Å². The highest BCUT2D eigenvalue weighted by atomic mass is 79.9. The minimum Gasteiger partial charge on any atom is -0.387 e. The number of nitrogens with one attached hydrogen (secondary N) is 1. The smallest absolute Gasteiger partial charge is 0.101 e. The predicted molar refractivity (Wildman–Crippen MR) is 88.8 cm³/mol. The molecule has 2 N–H and O–H groups in total. The van der Waals surface area contributed by atoms with Crippen molar-refractivity contribution in [3.8, 4) is 6.07 Å². The molecular weight excluding hydrogens is 375 g/mol. The molecule has 6 heteroatoms. The van der Waals surface area contributed by atoms with Crippen LogP contribution < -0.4 is 5.32 Å². The summed E-state index contributed by atoms with van der Waals surface area (Å²) >= 11 is 15.3. The fourth-order valence-corrected chi connectivity index (χ4v) is 2.63. The third-order valence-corrected chi connectivity index (χ3v) is 3.98. The average Bonchev–Trinajstić information content (AvgIpc) is 2.48. The van der Waals surface area contributed by atoms with Crippen LogP contribution in [0.1, 0.15) is 17.2 Å². The van der Waals surface area contributed by atoms with Crippen LogP contribution in [-0.4, -0.2) is 11.7 Å². The van der Waals surface area contributed by atoms with Gasteiger partial charge in [0.1, 0.15) is 6.07 Å². The van der Waals surface area contributed by atoms with E-state index in [2.05, 4.69) is 27.3 Å². The van der Waals surface area contributed by atoms with Crippen LogP contribution in [0.15, 0.2) is 40.9 Å². The van der Waals surface area contributed by atoms with Crippen molar-refractivity contribution in [2.45, 2.75) is 6.10 Å². The van der Waals surface area contributed by atoms with Gasteiger partial charge in [0.15, 0.2) is 0 Å². The molecule has 1 unspecified atom stereocenters. The fraction of sp³-hybridized carbons (Fsp3) is 0.133. The van der Waals surface area contributed by atoms with Crippen molar-refractivity contribution in [2.24, 2.45) is 0 Å². The lowest BCUT2D eigenvalue weighted by Gasteiger charge is -2.15. The van der Waals surface area contributed by atoms with E-state index in [1.54, 1.807) is 30.3 Å². The summed E-state index contributed by atoms with van der Waals surface area (Å²) in [5, 5.41) is 23.3. The molecule has 2 aromatic carbocycles. The highest BCUT2D eigenvalue weighted by Crippen LogP contribution is 2.27. The first kappa shape index (κ1) is 16.1. The van der Waals surface area contributed by atoms with E-state index in [0.29, 0.717) is 26.9 Å². The molecule has 0 amide bonds. The van der Waals surface area contributed by atoms with E-state index in [1.165, 1.54) is 0 Å². The highest BCUT2D eigenvalue weighted by molar-refractivity contribution is 9.10. The molecule has 0 spiro atoms. The number of benzene rings is 2. The van der Waals surface area contributed by atoms with Gasteiger partial charge < -0.3 is 10.4 Å². The number of nitriles is 1. The Hall–Kier alpha value is -1.25. The SMILES string of the molecule is N#Cc1cc(Br)ccc1NCC(O)c1cc(Cl)ccc1Cl. The Kier molecular flexibility index (Phi) is 5.49. The summed E-state index contributed by atoms with van der Waals surface area (Å²) in [6.07, 6.45) is -0.827. The maximum atomic E-state index is 10.2. The summed E-state index contributed by atoms with van der Waals surface area (Å²) < 4.78 is 0.822. The van der Waals surface area contributed by atoms with Crippen LogP contribution in [0.2, 0.25) is 10.0 Å². The molecule has 108 valence electrons. The maximum absolute atomic E-state index is 10.2. The van der Waals surface area contributed by atoms with Gasteiger partial charge >= 0.3 is 0 Å². The number of hydrogen-bond acceptors (Lipinski definition) is 3. The van der Waals surface area contributed by atoms with Crippen LogP contribution in [-0.2, 0) is 0 Å². The summed E-state index contributed by atoms with van der Waals surface area (Å²) in [5.41, 5.74) is 1.69. The van der Waals surface area contributed by atoms with Crippen LogP contribution in [0.4, 0.5) is 5.69 Å². The lowest BCUT2D eigenvalue weighted by atomic mass is 10.1. The molecule has 0 aliphatic carbocycles. The fourth-order valence-electron chi connectivity index (χ4n) is 1.85. The third kappa shape index (κ3) is 4.12. The first-order valence-electron chi connectivity index (χ1n) is 6.08. The molecule has 0 fully saturated rings. The van der Waals surface area contributed by atoms with Gasteiger partial charge in [0, 0.05) is 26.6 Å². The zero-order valence-electron chi connectivity index (χ0n) is 10.8. The Morgan fingerprint density at radius 1 is 1.24 bits per heavy atom. The van der Waals surface area contributed by atoms with Gasteiger partial charge in [-0.15, -0.1) is 0 Å². The second-order valence-electron chi connectivity index (χ2n) is 4.36. The molecule has 0 bridgehead atoms. The topological polar surface area (TPSA) is 56.0 Å². The first-order valence-corrected chi connectivity index (χ1v) is 7.62. The Balaban J connectivity index is 2.13. The summed E-state index contributed by atoms with van der Waals surface area (Å²) in [6.45, 7) is 0.219. The number of halogens is 3. The van der Waals surface area contributed by atoms with Crippen LogP contribution in [0.5, 0.6) is 0 Å². The average molecular weight is 386 g/mol. The zero-order chi connectivity index (χ0) is 15.4. The summed E-state index contributed by atoms with van der Waals surface area (Å²) in [5.74, 6) is 0. The minimum absolute atomic E-state index is 0.219. The second-order valence-corrected chi connectivity index (χ2v) is 6.12. The number of nitrogens with zero attached hydrogens (tertiary/aromatic N) is 1. The minimum atomic E-state index is -0.827. The molecule has 0 aliphatic heterocycles. The highest BCUT2D eigenvalue weighted by Gasteiger charge is 2.13. The molecule has 0 heterocycles.